The first-order valence-corrected chi connectivity index (χ1v) is 7.51. The van der Waals surface area contributed by atoms with Gasteiger partial charge in [-0.3, -0.25) is 0 Å². The molecule has 2 unspecified atom stereocenters. The molecule has 0 spiro atoms. The topological polar surface area (TPSA) is 31.1 Å². The molecule has 0 bridgehead atoms. The van der Waals surface area contributed by atoms with E-state index in [1.165, 1.54) is 24.6 Å². The SMILES string of the molecule is Fc1ccc2[nH]cc(C3CC3CN3CCNCC3)c2c1. The van der Waals surface area contributed by atoms with Gasteiger partial charge in [-0.15, -0.1) is 0 Å². The monoisotopic (exact) mass is 273 g/mol. The molecule has 1 aliphatic heterocycles. The number of hydrogen-bond acceptors (Lipinski definition) is 2. The Morgan fingerprint density at radius 1 is 1.25 bits per heavy atom. The number of halogens is 1. The minimum atomic E-state index is -0.141. The minimum absolute atomic E-state index is 0.141. The summed E-state index contributed by atoms with van der Waals surface area (Å²) in [7, 11) is 0. The number of aromatic nitrogens is 1. The molecule has 1 aromatic carbocycles. The Morgan fingerprint density at radius 3 is 2.95 bits per heavy atom. The van der Waals surface area contributed by atoms with Crippen LogP contribution in [0.5, 0.6) is 0 Å². The number of H-pyrrole nitrogens is 1. The summed E-state index contributed by atoms with van der Waals surface area (Å²) in [5, 5.41) is 4.46. The lowest BCUT2D eigenvalue weighted by molar-refractivity contribution is 0.231. The molecule has 2 N–H and O–H groups in total. The van der Waals surface area contributed by atoms with Crippen molar-refractivity contribution in [3.05, 3.63) is 35.8 Å². The molecular weight excluding hydrogens is 253 g/mol. The standard InChI is InChI=1S/C16H20FN3/c17-12-1-2-16-14(8-12)15(9-19-16)13-7-11(13)10-20-5-3-18-4-6-20/h1-2,8-9,11,13,18-19H,3-7,10H2. The summed E-state index contributed by atoms with van der Waals surface area (Å²) in [5.41, 5.74) is 2.36. The van der Waals surface area contributed by atoms with Gasteiger partial charge in [0.05, 0.1) is 0 Å². The van der Waals surface area contributed by atoms with E-state index in [1.54, 1.807) is 6.07 Å². The maximum Gasteiger partial charge on any atom is 0.123 e. The highest BCUT2D eigenvalue weighted by Gasteiger charge is 2.40. The Labute approximate surface area is 118 Å². The zero-order valence-electron chi connectivity index (χ0n) is 11.5. The van der Waals surface area contributed by atoms with Crippen LogP contribution in [-0.4, -0.2) is 42.6 Å². The summed E-state index contributed by atoms with van der Waals surface area (Å²) in [6.07, 6.45) is 3.32. The van der Waals surface area contributed by atoms with Gasteiger partial charge in [-0.1, -0.05) is 0 Å². The van der Waals surface area contributed by atoms with Crippen LogP contribution in [0.15, 0.2) is 24.4 Å². The highest BCUT2D eigenvalue weighted by Crippen LogP contribution is 2.49. The van der Waals surface area contributed by atoms with Crippen LogP contribution in [0, 0.1) is 11.7 Å². The van der Waals surface area contributed by atoms with E-state index in [2.05, 4.69) is 21.4 Å². The summed E-state index contributed by atoms with van der Waals surface area (Å²) in [4.78, 5) is 5.82. The van der Waals surface area contributed by atoms with Crippen LogP contribution in [0.3, 0.4) is 0 Å². The average molecular weight is 273 g/mol. The molecule has 106 valence electrons. The molecule has 2 aliphatic rings. The molecule has 4 rings (SSSR count). The Morgan fingerprint density at radius 2 is 2.10 bits per heavy atom. The van der Waals surface area contributed by atoms with Crippen LogP contribution in [0.25, 0.3) is 10.9 Å². The molecular formula is C16H20FN3. The summed E-state index contributed by atoms with van der Waals surface area (Å²) in [6, 6.07) is 5.02. The van der Waals surface area contributed by atoms with Gasteiger partial charge >= 0.3 is 0 Å². The quantitative estimate of drug-likeness (QED) is 0.899. The van der Waals surface area contributed by atoms with Gasteiger partial charge in [0.2, 0.25) is 0 Å². The fourth-order valence-electron chi connectivity index (χ4n) is 3.48. The second-order valence-electron chi connectivity index (χ2n) is 6.09. The van der Waals surface area contributed by atoms with Crippen molar-refractivity contribution in [1.29, 1.82) is 0 Å². The van der Waals surface area contributed by atoms with E-state index in [0.717, 1.165) is 43.0 Å². The molecule has 2 atom stereocenters. The van der Waals surface area contributed by atoms with Crippen LogP contribution in [0.4, 0.5) is 4.39 Å². The zero-order chi connectivity index (χ0) is 13.5. The third-order valence-electron chi connectivity index (χ3n) is 4.70. The highest BCUT2D eigenvalue weighted by molar-refractivity contribution is 5.84. The van der Waals surface area contributed by atoms with E-state index >= 15 is 0 Å². The van der Waals surface area contributed by atoms with E-state index in [4.69, 9.17) is 0 Å². The number of nitrogens with one attached hydrogen (secondary N) is 2. The van der Waals surface area contributed by atoms with Crippen molar-refractivity contribution in [2.24, 2.45) is 5.92 Å². The lowest BCUT2D eigenvalue weighted by atomic mass is 10.1. The van der Waals surface area contributed by atoms with Crippen molar-refractivity contribution >= 4 is 10.9 Å². The molecule has 2 aromatic rings. The fraction of sp³-hybridized carbons (Fsp3) is 0.500. The Bertz CT molecular complexity index is 615. The minimum Gasteiger partial charge on any atom is -0.361 e. The lowest BCUT2D eigenvalue weighted by Gasteiger charge is -2.27. The van der Waals surface area contributed by atoms with Crippen LogP contribution >= 0.6 is 0 Å². The van der Waals surface area contributed by atoms with Crippen molar-refractivity contribution < 1.29 is 4.39 Å². The van der Waals surface area contributed by atoms with Crippen LogP contribution < -0.4 is 5.32 Å². The molecule has 4 heteroatoms. The molecule has 1 saturated heterocycles. The summed E-state index contributed by atoms with van der Waals surface area (Å²) >= 11 is 0. The number of rotatable bonds is 3. The first kappa shape index (κ1) is 12.4. The van der Waals surface area contributed by atoms with Gasteiger partial charge in [0.1, 0.15) is 5.82 Å². The van der Waals surface area contributed by atoms with E-state index < -0.39 is 0 Å². The predicted molar refractivity (Wildman–Crippen MR) is 78.4 cm³/mol. The predicted octanol–water partition coefficient (Wildman–Crippen LogP) is 2.32. The van der Waals surface area contributed by atoms with Gasteiger partial charge in [-0.2, -0.15) is 0 Å². The average Bonchev–Trinajstić information content (AvgIpc) is 3.09. The first-order valence-electron chi connectivity index (χ1n) is 7.51. The largest absolute Gasteiger partial charge is 0.361 e. The molecule has 2 fully saturated rings. The summed E-state index contributed by atoms with van der Waals surface area (Å²) in [6.45, 7) is 5.72. The third kappa shape index (κ3) is 2.23. The van der Waals surface area contributed by atoms with E-state index in [-0.39, 0.29) is 5.82 Å². The zero-order valence-corrected chi connectivity index (χ0v) is 11.5. The normalized spacial score (nSPS) is 27.1. The highest BCUT2D eigenvalue weighted by atomic mass is 19.1. The Balaban J connectivity index is 1.49. The Hall–Kier alpha value is -1.39. The van der Waals surface area contributed by atoms with Crippen molar-refractivity contribution in [2.75, 3.05) is 32.7 Å². The number of nitrogens with zero attached hydrogens (tertiary/aromatic N) is 1. The molecule has 2 heterocycles. The smallest absolute Gasteiger partial charge is 0.123 e. The van der Waals surface area contributed by atoms with E-state index in [0.29, 0.717) is 5.92 Å². The molecule has 1 aliphatic carbocycles. The third-order valence-corrected chi connectivity index (χ3v) is 4.70. The van der Waals surface area contributed by atoms with Crippen molar-refractivity contribution in [3.63, 3.8) is 0 Å². The molecule has 20 heavy (non-hydrogen) atoms. The summed E-state index contributed by atoms with van der Waals surface area (Å²) in [5.74, 6) is 1.22. The van der Waals surface area contributed by atoms with Crippen LogP contribution in [0.2, 0.25) is 0 Å². The molecule has 0 radical (unpaired) electrons. The molecule has 3 nitrogen and oxygen atoms in total. The van der Waals surface area contributed by atoms with Crippen molar-refractivity contribution in [1.82, 2.24) is 15.2 Å². The maximum atomic E-state index is 13.4. The number of hydrogen-bond donors (Lipinski definition) is 2. The molecule has 1 saturated carbocycles. The number of aromatic amines is 1. The van der Waals surface area contributed by atoms with Gasteiger partial charge in [-0.05, 0) is 42.0 Å². The maximum absolute atomic E-state index is 13.4. The van der Waals surface area contributed by atoms with Gasteiger partial charge in [-0.25, -0.2) is 4.39 Å². The summed E-state index contributed by atoms with van der Waals surface area (Å²) < 4.78 is 13.4. The number of fused-ring (bicyclic) bond motifs is 1. The van der Waals surface area contributed by atoms with Crippen LogP contribution in [0.1, 0.15) is 17.9 Å². The van der Waals surface area contributed by atoms with Gasteiger partial charge in [0, 0.05) is 49.8 Å². The van der Waals surface area contributed by atoms with Crippen molar-refractivity contribution in [2.45, 2.75) is 12.3 Å². The second-order valence-corrected chi connectivity index (χ2v) is 6.09. The van der Waals surface area contributed by atoms with Crippen LogP contribution in [-0.2, 0) is 0 Å². The van der Waals surface area contributed by atoms with Crippen molar-refractivity contribution in [3.8, 4) is 0 Å². The molecule has 1 aromatic heterocycles. The van der Waals surface area contributed by atoms with Gasteiger partial charge in [0.15, 0.2) is 0 Å². The first-order chi connectivity index (χ1) is 9.81. The second kappa shape index (κ2) is 4.86. The van der Waals surface area contributed by atoms with E-state index in [9.17, 15) is 4.39 Å². The van der Waals surface area contributed by atoms with Gasteiger partial charge in [0.25, 0.3) is 0 Å². The van der Waals surface area contributed by atoms with E-state index in [1.807, 2.05) is 6.07 Å². The van der Waals surface area contributed by atoms with Gasteiger partial charge < -0.3 is 15.2 Å². The lowest BCUT2D eigenvalue weighted by Crippen LogP contribution is -2.44. The molecule has 0 amide bonds. The number of benzene rings is 1. The Kier molecular flexibility index (Phi) is 3.00. The fourth-order valence-corrected chi connectivity index (χ4v) is 3.48. The number of piperazine rings is 1.